The molecule has 1 aromatic heterocycles. The number of aromatic nitrogens is 2. The van der Waals surface area contributed by atoms with Crippen LogP contribution in [0.15, 0.2) is 18.2 Å². The Balaban J connectivity index is 2.56. The quantitative estimate of drug-likeness (QED) is 0.807. The molecule has 0 fully saturated rings. The first kappa shape index (κ1) is 12.4. The summed E-state index contributed by atoms with van der Waals surface area (Å²) in [7, 11) is 0. The average molecular weight is 239 g/mol. The van der Waals surface area contributed by atoms with Gasteiger partial charge in [-0.25, -0.2) is 4.68 Å². The van der Waals surface area contributed by atoms with Gasteiger partial charge in [0, 0.05) is 5.69 Å². The van der Waals surface area contributed by atoms with Crippen LogP contribution in [0.1, 0.15) is 35.0 Å². The molecule has 0 aliphatic rings. The van der Waals surface area contributed by atoms with Crippen molar-refractivity contribution in [2.24, 2.45) is 0 Å². The molecule has 0 aliphatic carbocycles. The van der Waals surface area contributed by atoms with Crippen LogP contribution in [-0.2, 0) is 6.42 Å². The van der Waals surface area contributed by atoms with Crippen LogP contribution in [-0.4, -0.2) is 9.78 Å². The molecule has 0 amide bonds. The van der Waals surface area contributed by atoms with Crippen molar-refractivity contribution in [3.8, 4) is 11.8 Å². The molecule has 0 unspecified atom stereocenters. The summed E-state index contributed by atoms with van der Waals surface area (Å²) in [6.07, 6.45) is 0.993. The van der Waals surface area contributed by atoms with E-state index in [4.69, 9.17) is 5.26 Å². The normalized spacial score (nSPS) is 10.4. The van der Waals surface area contributed by atoms with Crippen molar-refractivity contribution in [3.63, 3.8) is 0 Å². The van der Waals surface area contributed by atoms with Crippen LogP contribution in [0.3, 0.4) is 0 Å². The second-order valence-corrected chi connectivity index (χ2v) is 4.53. The van der Waals surface area contributed by atoms with Crippen LogP contribution < -0.4 is 0 Å². The molecule has 0 aliphatic heterocycles. The lowest BCUT2D eigenvalue weighted by Gasteiger charge is -2.07. The largest absolute Gasteiger partial charge is 0.238 e. The highest BCUT2D eigenvalue weighted by molar-refractivity contribution is 5.46. The fourth-order valence-electron chi connectivity index (χ4n) is 2.34. The molecule has 0 N–H and O–H groups in total. The Labute approximate surface area is 108 Å². The van der Waals surface area contributed by atoms with Gasteiger partial charge in [-0.1, -0.05) is 6.92 Å². The fourth-order valence-corrected chi connectivity index (χ4v) is 2.34. The highest BCUT2D eigenvalue weighted by Gasteiger charge is 2.11. The fraction of sp³-hybridized carbons (Fsp3) is 0.333. The summed E-state index contributed by atoms with van der Waals surface area (Å²) in [6, 6.07) is 8.00. The number of hydrogen-bond acceptors (Lipinski definition) is 2. The third-order valence-electron chi connectivity index (χ3n) is 3.37. The number of rotatable bonds is 2. The highest BCUT2D eigenvalue weighted by atomic mass is 15.3. The summed E-state index contributed by atoms with van der Waals surface area (Å²) < 4.78 is 1.96. The van der Waals surface area contributed by atoms with Crippen molar-refractivity contribution in [1.82, 2.24) is 9.78 Å². The van der Waals surface area contributed by atoms with Crippen LogP contribution in [0.2, 0.25) is 0 Å². The Hall–Kier alpha value is -2.08. The summed E-state index contributed by atoms with van der Waals surface area (Å²) in [6.45, 7) is 8.23. The van der Waals surface area contributed by atoms with Crippen molar-refractivity contribution in [2.75, 3.05) is 0 Å². The Morgan fingerprint density at radius 3 is 2.50 bits per heavy atom. The first-order valence-electron chi connectivity index (χ1n) is 6.14. The van der Waals surface area contributed by atoms with E-state index in [0.717, 1.165) is 28.9 Å². The van der Waals surface area contributed by atoms with Gasteiger partial charge >= 0.3 is 0 Å². The monoisotopic (exact) mass is 239 g/mol. The van der Waals surface area contributed by atoms with Crippen molar-refractivity contribution in [1.29, 1.82) is 5.26 Å². The second kappa shape index (κ2) is 4.66. The lowest BCUT2D eigenvalue weighted by Crippen LogP contribution is -2.00. The van der Waals surface area contributed by atoms with E-state index in [0.29, 0.717) is 0 Å². The summed E-state index contributed by atoms with van der Waals surface area (Å²) in [5.41, 5.74) is 6.29. The zero-order chi connectivity index (χ0) is 13.3. The molecule has 1 heterocycles. The van der Waals surface area contributed by atoms with Crippen LogP contribution in [0.5, 0.6) is 0 Å². The molecular formula is C15H17N3. The predicted molar refractivity (Wildman–Crippen MR) is 71.9 cm³/mol. The van der Waals surface area contributed by atoms with Gasteiger partial charge in [-0.05, 0) is 56.5 Å². The van der Waals surface area contributed by atoms with Crippen LogP contribution in [0.25, 0.3) is 5.69 Å². The van der Waals surface area contributed by atoms with Gasteiger partial charge in [0.15, 0.2) is 0 Å². The zero-order valence-electron chi connectivity index (χ0n) is 11.3. The van der Waals surface area contributed by atoms with E-state index in [1.807, 2.05) is 36.7 Å². The summed E-state index contributed by atoms with van der Waals surface area (Å²) in [4.78, 5) is 0. The van der Waals surface area contributed by atoms with Crippen molar-refractivity contribution >= 4 is 0 Å². The van der Waals surface area contributed by atoms with Gasteiger partial charge in [-0.15, -0.1) is 0 Å². The van der Waals surface area contributed by atoms with Gasteiger partial charge in [0.05, 0.1) is 23.0 Å². The maximum absolute atomic E-state index is 8.95. The highest BCUT2D eigenvalue weighted by Crippen LogP contribution is 2.20. The van der Waals surface area contributed by atoms with Gasteiger partial charge in [-0.2, -0.15) is 10.4 Å². The predicted octanol–water partition coefficient (Wildman–Crippen LogP) is 3.23. The molecule has 0 saturated heterocycles. The van der Waals surface area contributed by atoms with Gasteiger partial charge in [0.2, 0.25) is 0 Å². The minimum absolute atomic E-state index is 0.719. The van der Waals surface area contributed by atoms with E-state index < -0.39 is 0 Å². The third kappa shape index (κ3) is 1.91. The molecule has 1 aromatic carbocycles. The van der Waals surface area contributed by atoms with Gasteiger partial charge in [-0.3, -0.25) is 0 Å². The minimum Gasteiger partial charge on any atom is -0.238 e. The molecule has 3 heteroatoms. The molecule has 3 nitrogen and oxygen atoms in total. The van der Waals surface area contributed by atoms with Gasteiger partial charge in [0.25, 0.3) is 0 Å². The molecule has 92 valence electrons. The minimum atomic E-state index is 0.719. The van der Waals surface area contributed by atoms with Crippen molar-refractivity contribution in [3.05, 3.63) is 46.3 Å². The summed E-state index contributed by atoms with van der Waals surface area (Å²) >= 11 is 0. The van der Waals surface area contributed by atoms with E-state index in [1.54, 1.807) is 0 Å². The van der Waals surface area contributed by atoms with Gasteiger partial charge in [0.1, 0.15) is 0 Å². The van der Waals surface area contributed by atoms with Gasteiger partial charge < -0.3 is 0 Å². The van der Waals surface area contributed by atoms with Crippen molar-refractivity contribution in [2.45, 2.75) is 34.1 Å². The molecule has 0 radical (unpaired) electrons. The van der Waals surface area contributed by atoms with E-state index in [2.05, 4.69) is 25.0 Å². The third-order valence-corrected chi connectivity index (χ3v) is 3.37. The maximum atomic E-state index is 8.95. The number of nitriles is 1. The lowest BCUT2D eigenvalue weighted by molar-refractivity contribution is 0.831. The lowest BCUT2D eigenvalue weighted by atomic mass is 10.1. The Morgan fingerprint density at radius 1 is 1.28 bits per heavy atom. The first-order chi connectivity index (χ1) is 8.58. The van der Waals surface area contributed by atoms with Crippen LogP contribution >= 0.6 is 0 Å². The Kier molecular flexibility index (Phi) is 3.20. The van der Waals surface area contributed by atoms with E-state index in [-0.39, 0.29) is 0 Å². The first-order valence-corrected chi connectivity index (χ1v) is 6.14. The van der Waals surface area contributed by atoms with Crippen LogP contribution in [0.4, 0.5) is 0 Å². The smallest absolute Gasteiger partial charge is 0.0994 e. The SMILES string of the molecule is CCc1c(C)nn(-c2ccc(C#N)c(C)c2)c1C. The molecule has 0 bridgehead atoms. The van der Waals surface area contributed by atoms with E-state index in [1.165, 1.54) is 11.3 Å². The maximum Gasteiger partial charge on any atom is 0.0994 e. The Morgan fingerprint density at radius 2 is 2.00 bits per heavy atom. The zero-order valence-corrected chi connectivity index (χ0v) is 11.3. The standard InChI is InChI=1S/C15H17N3/c1-5-15-11(3)17-18(12(15)4)14-7-6-13(9-16)10(2)8-14/h6-8H,5H2,1-4H3. The molecule has 2 aromatic rings. The molecule has 0 saturated carbocycles. The number of nitrogens with zero attached hydrogens (tertiary/aromatic N) is 3. The van der Waals surface area contributed by atoms with Crippen LogP contribution in [0, 0.1) is 32.1 Å². The molecule has 2 rings (SSSR count). The van der Waals surface area contributed by atoms with E-state index in [9.17, 15) is 0 Å². The average Bonchev–Trinajstić information content (AvgIpc) is 2.64. The molecule has 0 atom stereocenters. The topological polar surface area (TPSA) is 41.6 Å². The summed E-state index contributed by atoms with van der Waals surface area (Å²) in [5, 5.41) is 13.5. The number of benzene rings is 1. The molecular weight excluding hydrogens is 222 g/mol. The van der Waals surface area contributed by atoms with Crippen molar-refractivity contribution < 1.29 is 0 Å². The second-order valence-electron chi connectivity index (χ2n) is 4.53. The number of hydrogen-bond donors (Lipinski definition) is 0. The van der Waals surface area contributed by atoms with E-state index >= 15 is 0 Å². The molecule has 18 heavy (non-hydrogen) atoms. The number of aryl methyl sites for hydroxylation is 2. The molecule has 0 spiro atoms. The summed E-state index contributed by atoms with van der Waals surface area (Å²) in [5.74, 6) is 0. The Bertz CT molecular complexity index is 630.